The molecule has 0 bridgehead atoms. The van der Waals surface area contributed by atoms with Crippen molar-refractivity contribution in [3.05, 3.63) is 0 Å². The van der Waals surface area contributed by atoms with Crippen LogP contribution in [0.4, 0.5) is 0 Å². The molecule has 0 rings (SSSR count). The fraction of sp³-hybridized carbons (Fsp3) is 0.889. The van der Waals surface area contributed by atoms with Gasteiger partial charge >= 0.3 is 0 Å². The Bertz CT molecular complexity index is 229. The van der Waals surface area contributed by atoms with Crippen molar-refractivity contribution >= 4 is 6.01 Å². The zero-order chi connectivity index (χ0) is 13.9. The highest BCUT2D eigenvalue weighted by Crippen LogP contribution is 1.84. The molecule has 0 amide bonds. The predicted molar refractivity (Wildman–Crippen MR) is 55.3 cm³/mol. The zero-order valence-electron chi connectivity index (χ0n) is 10.6. The lowest BCUT2D eigenvalue weighted by molar-refractivity contribution is -1.92. The summed E-state index contributed by atoms with van der Waals surface area (Å²) in [5.74, 6) is 0. The summed E-state index contributed by atoms with van der Waals surface area (Å²) in [6.45, 7) is 5.94. The van der Waals surface area contributed by atoms with Gasteiger partial charge in [0.15, 0.2) is 0 Å². The van der Waals surface area contributed by atoms with Crippen molar-refractivity contribution in [1.29, 1.82) is 0 Å². The van der Waals surface area contributed by atoms with Crippen molar-refractivity contribution < 1.29 is 28.9 Å². The molecule has 0 atom stereocenters. The number of hydrogen-bond acceptors (Lipinski definition) is 7. The predicted octanol–water partition coefficient (Wildman–Crippen LogP) is -2.60. The number of halogens is 1. The normalized spacial score (nSPS) is 10.7. The first-order chi connectivity index (χ1) is 7.63. The van der Waals surface area contributed by atoms with Crippen molar-refractivity contribution in [2.45, 2.75) is 26.3 Å². The van der Waals surface area contributed by atoms with E-state index in [0.717, 1.165) is 19.5 Å². The fourth-order valence-electron chi connectivity index (χ4n) is 0.672. The second-order valence-corrected chi connectivity index (χ2v) is 4.55. The molecular weight excluding hydrogens is 250 g/mol. The van der Waals surface area contributed by atoms with Crippen LogP contribution in [0.1, 0.15) is 20.3 Å². The summed E-state index contributed by atoms with van der Waals surface area (Å²) in [7, 11) is -0.572. The first kappa shape index (κ1) is 18.8. The van der Waals surface area contributed by atoms with Crippen LogP contribution in [-0.4, -0.2) is 48.8 Å². The average molecular weight is 270 g/mol. The van der Waals surface area contributed by atoms with Crippen molar-refractivity contribution in [2.24, 2.45) is 9.98 Å². The highest BCUT2D eigenvalue weighted by molar-refractivity contribution is 5.41. The third kappa shape index (κ3) is 39.1. The van der Waals surface area contributed by atoms with E-state index < -0.39 is 10.2 Å². The summed E-state index contributed by atoms with van der Waals surface area (Å²) >= 11 is 0. The maximum Gasteiger partial charge on any atom is 0.0895 e. The van der Waals surface area contributed by atoms with Crippen LogP contribution in [-0.2, 0) is 0 Å². The van der Waals surface area contributed by atoms with Gasteiger partial charge in [0.25, 0.3) is 0 Å². The van der Waals surface area contributed by atoms with Gasteiger partial charge in [-0.1, -0.05) is 0 Å². The third-order valence-electron chi connectivity index (χ3n) is 1.26. The highest BCUT2D eigenvalue weighted by Gasteiger charge is 1.98. The quantitative estimate of drug-likeness (QED) is 0.434. The van der Waals surface area contributed by atoms with Gasteiger partial charge in [-0.2, -0.15) is 14.0 Å². The molecule has 8 heteroatoms. The minimum atomic E-state index is -4.69. The molecule has 0 radical (unpaired) electrons. The van der Waals surface area contributed by atoms with Crippen LogP contribution in [0.3, 0.4) is 0 Å². The highest BCUT2D eigenvalue weighted by atomic mass is 35.7. The molecule has 0 aliphatic heterocycles. The standard InChI is InChI=1S/C9H19N3.ClHO4/c1-9(2)11-8-10-6-5-7-12(3)4;2-1(3,4)5/h9H,5-7H2,1-4H3;(H,2,3,4,5). The van der Waals surface area contributed by atoms with E-state index >= 15 is 0 Å². The monoisotopic (exact) mass is 269 g/mol. The Morgan fingerprint density at radius 2 is 1.76 bits per heavy atom. The molecule has 0 saturated heterocycles. The molecule has 0 aliphatic carbocycles. The van der Waals surface area contributed by atoms with Gasteiger partial charge < -0.3 is 4.90 Å². The van der Waals surface area contributed by atoms with E-state index in [4.69, 9.17) is 18.6 Å². The smallest absolute Gasteiger partial charge is 0.0895 e. The molecule has 102 valence electrons. The molecule has 0 heterocycles. The molecule has 0 aliphatic rings. The Morgan fingerprint density at radius 1 is 1.29 bits per heavy atom. The van der Waals surface area contributed by atoms with Gasteiger partial charge in [-0.3, -0.25) is 0 Å². The van der Waals surface area contributed by atoms with Crippen LogP contribution in [0.15, 0.2) is 9.98 Å². The summed E-state index contributed by atoms with van der Waals surface area (Å²) in [4.78, 5) is 10.2. The van der Waals surface area contributed by atoms with Crippen LogP contribution in [0.5, 0.6) is 0 Å². The lowest BCUT2D eigenvalue weighted by Crippen LogP contribution is -2.58. The van der Waals surface area contributed by atoms with Gasteiger partial charge in [0.1, 0.15) is 0 Å². The Labute approximate surface area is 104 Å². The fourth-order valence-corrected chi connectivity index (χ4v) is 0.672. The molecule has 0 aromatic rings. The maximum atomic E-state index is 8.60. The van der Waals surface area contributed by atoms with Crippen molar-refractivity contribution in [3.63, 3.8) is 0 Å². The number of nitrogens with zero attached hydrogens (tertiary/aromatic N) is 3. The molecule has 0 fully saturated rings. The van der Waals surface area contributed by atoms with Gasteiger partial charge in [0, 0.05) is 0 Å². The molecule has 17 heavy (non-hydrogen) atoms. The van der Waals surface area contributed by atoms with Crippen LogP contribution in [0, 0.1) is 10.2 Å². The van der Waals surface area contributed by atoms with Crippen molar-refractivity contribution in [1.82, 2.24) is 4.90 Å². The molecule has 0 saturated carbocycles. The minimum Gasteiger partial charge on any atom is -0.309 e. The lowest BCUT2D eigenvalue weighted by atomic mass is 10.4. The second-order valence-electron chi connectivity index (χ2n) is 3.76. The molecule has 1 N–H and O–H groups in total. The molecule has 0 aromatic heterocycles. The topological polar surface area (TPSA) is 117 Å². The van der Waals surface area contributed by atoms with Crippen LogP contribution < -0.4 is 14.0 Å². The first-order valence-electron chi connectivity index (χ1n) is 5.02. The van der Waals surface area contributed by atoms with E-state index in [1.807, 2.05) is 13.8 Å². The third-order valence-corrected chi connectivity index (χ3v) is 1.26. The van der Waals surface area contributed by atoms with E-state index in [2.05, 4.69) is 35.0 Å². The number of hydrogen-bond donors (Lipinski definition) is 1. The van der Waals surface area contributed by atoms with E-state index in [0.29, 0.717) is 6.04 Å². The Morgan fingerprint density at radius 3 is 2.12 bits per heavy atom. The van der Waals surface area contributed by atoms with Crippen molar-refractivity contribution in [2.75, 3.05) is 27.2 Å². The second kappa shape index (κ2) is 10.6. The molecule has 0 spiro atoms. The number of aliphatic imine (C=N–C) groups is 2. The van der Waals surface area contributed by atoms with Gasteiger partial charge in [-0.15, -0.1) is 0 Å². The lowest BCUT2D eigenvalue weighted by Gasteiger charge is -2.05. The van der Waals surface area contributed by atoms with E-state index in [1.54, 1.807) is 0 Å². The Hall–Kier alpha value is -0.530. The van der Waals surface area contributed by atoms with E-state index in [9.17, 15) is 0 Å². The minimum absolute atomic E-state index is 0.308. The summed E-state index contributed by atoms with van der Waals surface area (Å²) < 4.78 is 32.7. The number of rotatable bonds is 5. The van der Waals surface area contributed by atoms with E-state index in [-0.39, 0.29) is 0 Å². The molecular formula is C9H20ClN3O4. The summed E-state index contributed by atoms with van der Waals surface area (Å²) in [5.41, 5.74) is 0. The van der Waals surface area contributed by atoms with Gasteiger partial charge in [-0.25, -0.2) is 9.98 Å². The molecule has 0 aromatic carbocycles. The van der Waals surface area contributed by atoms with Gasteiger partial charge in [0.05, 0.1) is 33.5 Å². The molecule has 7 nitrogen and oxygen atoms in total. The van der Waals surface area contributed by atoms with Gasteiger partial charge in [-0.05, 0) is 40.9 Å². The Balaban J connectivity index is 0. The van der Waals surface area contributed by atoms with Crippen LogP contribution in [0.2, 0.25) is 0 Å². The first-order valence-corrected chi connectivity index (χ1v) is 6.28. The molecule has 0 unspecified atom stereocenters. The summed E-state index contributed by atoms with van der Waals surface area (Å²) in [6.07, 6.45) is 1.08. The van der Waals surface area contributed by atoms with Crippen molar-refractivity contribution in [3.8, 4) is 0 Å². The SMILES string of the molecule is CC(C)N=C=NCCCN(C)C.[O-][Cl+3]([O-])([O-])O. The average Bonchev–Trinajstić information content (AvgIpc) is 2.07. The Kier molecular flexibility index (Phi) is 11.8. The van der Waals surface area contributed by atoms with E-state index in [1.165, 1.54) is 0 Å². The van der Waals surface area contributed by atoms with Crippen LogP contribution >= 0.6 is 0 Å². The summed E-state index contributed by atoms with van der Waals surface area (Å²) in [6, 6.07) is 3.00. The summed E-state index contributed by atoms with van der Waals surface area (Å²) in [5, 5.41) is 0. The maximum absolute atomic E-state index is 8.60. The van der Waals surface area contributed by atoms with Crippen LogP contribution in [0.25, 0.3) is 0 Å². The van der Waals surface area contributed by atoms with Gasteiger partial charge in [0.2, 0.25) is 0 Å². The zero-order valence-corrected chi connectivity index (χ0v) is 11.3. The largest absolute Gasteiger partial charge is 0.309 e.